The van der Waals surface area contributed by atoms with Gasteiger partial charge in [0.15, 0.2) is 0 Å². The highest BCUT2D eigenvalue weighted by molar-refractivity contribution is 8.01. The van der Waals surface area contributed by atoms with Crippen LogP contribution in [0.2, 0.25) is 0 Å². The van der Waals surface area contributed by atoms with Gasteiger partial charge in [-0.15, -0.1) is 11.8 Å². The summed E-state index contributed by atoms with van der Waals surface area (Å²) in [5.74, 6) is -0.373. The Balaban J connectivity index is 2.32. The summed E-state index contributed by atoms with van der Waals surface area (Å²) < 4.78 is 0. The van der Waals surface area contributed by atoms with Gasteiger partial charge in [0.1, 0.15) is 0 Å². The fourth-order valence-electron chi connectivity index (χ4n) is 1.65. The van der Waals surface area contributed by atoms with Crippen molar-refractivity contribution in [2.45, 2.75) is 11.4 Å². The number of nitrogens with zero attached hydrogens (tertiary/aromatic N) is 1. The number of carbonyl (C=O) groups is 2. The zero-order chi connectivity index (χ0) is 8.88. The first-order valence-corrected chi connectivity index (χ1v) is 4.79. The average molecular weight is 187 g/mol. The average Bonchev–Trinajstić information content (AvgIpc) is 2.51. The molecule has 3 atom stereocenters. The molecule has 2 saturated heterocycles. The minimum atomic E-state index is -0.638. The van der Waals surface area contributed by atoms with Gasteiger partial charge in [0, 0.05) is 12.8 Å². The van der Waals surface area contributed by atoms with E-state index < -0.39 is 12.0 Å². The molecule has 0 bridgehead atoms. The first-order valence-electron chi connectivity index (χ1n) is 3.74. The smallest absolute Gasteiger partial charge is 0.242 e. The van der Waals surface area contributed by atoms with Crippen LogP contribution in [-0.4, -0.2) is 46.0 Å². The molecular formula is C7H9NO3S. The lowest BCUT2D eigenvalue weighted by molar-refractivity contribution is -0.138. The number of hydrogen-bond donors (Lipinski definition) is 1. The summed E-state index contributed by atoms with van der Waals surface area (Å²) >= 11 is 1.37. The van der Waals surface area contributed by atoms with Crippen molar-refractivity contribution in [3.05, 3.63) is 0 Å². The van der Waals surface area contributed by atoms with Gasteiger partial charge in [0.05, 0.1) is 17.3 Å². The number of amides is 2. The second-order valence-electron chi connectivity index (χ2n) is 3.08. The molecular weight excluding hydrogens is 178 g/mol. The van der Waals surface area contributed by atoms with Gasteiger partial charge in [-0.25, -0.2) is 0 Å². The fraction of sp³-hybridized carbons (Fsp3) is 0.714. The quantitative estimate of drug-likeness (QED) is 0.498. The molecule has 2 amide bonds. The lowest BCUT2D eigenvalue weighted by atomic mass is 10.0. The van der Waals surface area contributed by atoms with Crippen molar-refractivity contribution < 1.29 is 14.7 Å². The Bertz CT molecular complexity index is 255. The van der Waals surface area contributed by atoms with Crippen LogP contribution in [0, 0.1) is 5.92 Å². The Hall–Kier alpha value is -0.550. The number of fused-ring (bicyclic) bond motifs is 1. The summed E-state index contributed by atoms with van der Waals surface area (Å²) in [5, 5.41) is 9.06. The monoisotopic (exact) mass is 187 g/mol. The van der Waals surface area contributed by atoms with Crippen LogP contribution in [0.4, 0.5) is 0 Å². The first kappa shape index (κ1) is 8.07. The molecule has 2 fully saturated rings. The van der Waals surface area contributed by atoms with Crippen LogP contribution >= 0.6 is 11.8 Å². The van der Waals surface area contributed by atoms with Gasteiger partial charge in [-0.05, 0) is 0 Å². The van der Waals surface area contributed by atoms with E-state index in [2.05, 4.69) is 0 Å². The van der Waals surface area contributed by atoms with E-state index in [1.807, 2.05) is 0 Å². The largest absolute Gasteiger partial charge is 0.391 e. The number of aliphatic hydroxyl groups is 1. The summed E-state index contributed by atoms with van der Waals surface area (Å²) in [6, 6.07) is 0. The van der Waals surface area contributed by atoms with Crippen LogP contribution in [-0.2, 0) is 9.59 Å². The van der Waals surface area contributed by atoms with Crippen LogP contribution in [0.25, 0.3) is 0 Å². The van der Waals surface area contributed by atoms with Gasteiger partial charge in [0.2, 0.25) is 11.8 Å². The molecule has 1 N–H and O–H groups in total. The Morgan fingerprint density at radius 3 is 2.75 bits per heavy atom. The fourth-order valence-corrected chi connectivity index (χ4v) is 3.07. The third-order valence-corrected chi connectivity index (χ3v) is 3.76. The van der Waals surface area contributed by atoms with Gasteiger partial charge < -0.3 is 5.11 Å². The minimum Gasteiger partial charge on any atom is -0.391 e. The molecule has 0 aromatic heterocycles. The molecule has 5 heteroatoms. The van der Waals surface area contributed by atoms with Crippen molar-refractivity contribution in [1.29, 1.82) is 0 Å². The second-order valence-corrected chi connectivity index (χ2v) is 4.26. The molecule has 2 aliphatic heterocycles. The SMILES string of the molecule is CN1C(=O)[C@H]2[C@@H](O)CS[C@H]2C1=O. The highest BCUT2D eigenvalue weighted by Crippen LogP contribution is 2.39. The molecule has 0 spiro atoms. The van der Waals surface area contributed by atoms with Crippen molar-refractivity contribution in [3.8, 4) is 0 Å². The van der Waals surface area contributed by atoms with E-state index in [4.69, 9.17) is 0 Å². The van der Waals surface area contributed by atoms with Gasteiger partial charge in [-0.1, -0.05) is 0 Å². The van der Waals surface area contributed by atoms with E-state index in [0.29, 0.717) is 5.75 Å². The van der Waals surface area contributed by atoms with Crippen molar-refractivity contribution in [1.82, 2.24) is 4.90 Å². The molecule has 0 saturated carbocycles. The van der Waals surface area contributed by atoms with E-state index in [0.717, 1.165) is 4.90 Å². The van der Waals surface area contributed by atoms with E-state index in [1.165, 1.54) is 18.8 Å². The minimum absolute atomic E-state index is 0.161. The molecule has 0 aliphatic carbocycles. The van der Waals surface area contributed by atoms with Gasteiger partial charge in [-0.3, -0.25) is 14.5 Å². The number of imide groups is 1. The third kappa shape index (κ3) is 0.834. The molecule has 0 aromatic rings. The van der Waals surface area contributed by atoms with E-state index in [9.17, 15) is 14.7 Å². The van der Waals surface area contributed by atoms with Crippen LogP contribution in [0.3, 0.4) is 0 Å². The van der Waals surface area contributed by atoms with Crippen LogP contribution < -0.4 is 0 Å². The number of carbonyl (C=O) groups excluding carboxylic acids is 2. The standard InChI is InChI=1S/C7H9NO3S/c1-8-6(10)4-3(9)2-12-5(4)7(8)11/h3-5,9H,2H2,1H3/t3-,4-,5+/m0/s1. The molecule has 0 aromatic carbocycles. The maximum absolute atomic E-state index is 11.3. The molecule has 2 aliphatic rings. The molecule has 0 radical (unpaired) electrons. The highest BCUT2D eigenvalue weighted by atomic mass is 32.2. The Labute approximate surface area is 73.9 Å². The predicted molar refractivity (Wildman–Crippen MR) is 43.5 cm³/mol. The van der Waals surface area contributed by atoms with Crippen LogP contribution in [0.15, 0.2) is 0 Å². The topological polar surface area (TPSA) is 57.6 Å². The molecule has 66 valence electrons. The van der Waals surface area contributed by atoms with Crippen molar-refractivity contribution >= 4 is 23.6 Å². The van der Waals surface area contributed by atoms with Crippen molar-refractivity contribution in [3.63, 3.8) is 0 Å². The lowest BCUT2D eigenvalue weighted by Crippen LogP contribution is -2.30. The molecule has 0 unspecified atom stereocenters. The maximum Gasteiger partial charge on any atom is 0.242 e. The third-order valence-electron chi connectivity index (χ3n) is 2.38. The first-order chi connectivity index (χ1) is 5.63. The summed E-state index contributed by atoms with van der Waals surface area (Å²) in [4.78, 5) is 23.8. The number of hydrogen-bond acceptors (Lipinski definition) is 4. The Morgan fingerprint density at radius 2 is 2.17 bits per heavy atom. The summed E-state index contributed by atoms with van der Waals surface area (Å²) in [5.41, 5.74) is 0. The summed E-state index contributed by atoms with van der Waals surface area (Å²) in [7, 11) is 1.47. The Kier molecular flexibility index (Phi) is 1.66. The number of likely N-dealkylation sites (tertiary alicyclic amines) is 1. The number of thioether (sulfide) groups is 1. The zero-order valence-corrected chi connectivity index (χ0v) is 7.37. The molecule has 12 heavy (non-hydrogen) atoms. The lowest BCUT2D eigenvalue weighted by Gasteiger charge is -2.09. The van der Waals surface area contributed by atoms with Crippen molar-refractivity contribution in [2.75, 3.05) is 12.8 Å². The molecule has 2 heterocycles. The van der Waals surface area contributed by atoms with Crippen molar-refractivity contribution in [2.24, 2.45) is 5.92 Å². The number of aliphatic hydroxyl groups excluding tert-OH is 1. The van der Waals surface area contributed by atoms with E-state index in [-0.39, 0.29) is 17.1 Å². The maximum atomic E-state index is 11.3. The molecule has 4 nitrogen and oxygen atoms in total. The van der Waals surface area contributed by atoms with Crippen LogP contribution in [0.5, 0.6) is 0 Å². The summed E-state index contributed by atoms with van der Waals surface area (Å²) in [6.45, 7) is 0. The normalized spacial score (nSPS) is 40.8. The van der Waals surface area contributed by atoms with Gasteiger partial charge >= 0.3 is 0 Å². The summed E-state index contributed by atoms with van der Waals surface area (Å²) in [6.07, 6.45) is -0.638. The van der Waals surface area contributed by atoms with Crippen LogP contribution in [0.1, 0.15) is 0 Å². The van der Waals surface area contributed by atoms with Gasteiger partial charge in [0.25, 0.3) is 0 Å². The predicted octanol–water partition coefficient (Wildman–Crippen LogP) is -0.923. The van der Waals surface area contributed by atoms with E-state index in [1.54, 1.807) is 0 Å². The van der Waals surface area contributed by atoms with Gasteiger partial charge in [-0.2, -0.15) is 0 Å². The molecule has 2 rings (SSSR count). The Morgan fingerprint density at radius 1 is 1.50 bits per heavy atom. The number of rotatable bonds is 0. The van der Waals surface area contributed by atoms with E-state index >= 15 is 0 Å². The highest BCUT2D eigenvalue weighted by Gasteiger charge is 2.53. The second kappa shape index (κ2) is 2.47. The zero-order valence-electron chi connectivity index (χ0n) is 6.56.